The Balaban J connectivity index is 1.53. The van der Waals surface area contributed by atoms with Crippen molar-refractivity contribution in [1.82, 2.24) is 10.2 Å². The van der Waals surface area contributed by atoms with Gasteiger partial charge in [-0.2, -0.15) is 0 Å². The number of amides is 3. The fraction of sp³-hybridized carbons (Fsp3) is 0.160. The highest BCUT2D eigenvalue weighted by molar-refractivity contribution is 6.11. The van der Waals surface area contributed by atoms with E-state index in [1.807, 2.05) is 42.5 Å². The van der Waals surface area contributed by atoms with Crippen LogP contribution in [-0.4, -0.2) is 29.2 Å². The zero-order chi connectivity index (χ0) is 22.0. The molecule has 1 N–H and O–H groups in total. The van der Waals surface area contributed by atoms with E-state index in [1.54, 1.807) is 19.1 Å². The molecular weight excluding hydrogens is 395 g/mol. The number of hydrogen-bond donors (Lipinski definition) is 1. The molecule has 1 atom stereocenters. The number of nitrogens with zero attached hydrogens (tertiary/aromatic N) is 1. The van der Waals surface area contributed by atoms with Gasteiger partial charge in [-0.15, -0.1) is 0 Å². The zero-order valence-electron chi connectivity index (χ0n) is 17.0. The van der Waals surface area contributed by atoms with E-state index in [4.69, 9.17) is 0 Å². The highest BCUT2D eigenvalue weighted by Crippen LogP contribution is 2.32. The molecule has 3 aromatic carbocycles. The maximum atomic E-state index is 13.3. The van der Waals surface area contributed by atoms with Crippen molar-refractivity contribution < 1.29 is 18.8 Å². The summed E-state index contributed by atoms with van der Waals surface area (Å²) in [5.74, 6) is -1.28. The van der Waals surface area contributed by atoms with E-state index < -0.39 is 23.3 Å². The molecule has 31 heavy (non-hydrogen) atoms. The maximum Gasteiger partial charge on any atom is 0.325 e. The normalized spacial score (nSPS) is 18.2. The summed E-state index contributed by atoms with van der Waals surface area (Å²) in [6.45, 7) is 1.40. The molecule has 3 aromatic rings. The molecule has 1 saturated heterocycles. The van der Waals surface area contributed by atoms with E-state index in [-0.39, 0.29) is 18.7 Å². The van der Waals surface area contributed by atoms with Crippen molar-refractivity contribution in [1.29, 1.82) is 0 Å². The van der Waals surface area contributed by atoms with Gasteiger partial charge >= 0.3 is 6.03 Å². The van der Waals surface area contributed by atoms with Crippen LogP contribution in [0.3, 0.4) is 0 Å². The van der Waals surface area contributed by atoms with E-state index in [1.165, 1.54) is 24.3 Å². The van der Waals surface area contributed by atoms with Gasteiger partial charge in [0.2, 0.25) is 0 Å². The Kier molecular flexibility index (Phi) is 5.38. The van der Waals surface area contributed by atoms with Crippen LogP contribution in [0.2, 0.25) is 0 Å². The van der Waals surface area contributed by atoms with Crippen molar-refractivity contribution >= 4 is 17.7 Å². The maximum absolute atomic E-state index is 13.3. The number of Topliss-reactive ketones (excluding diaryl/α,β-unsaturated/α-hetero) is 1. The van der Waals surface area contributed by atoms with E-state index in [2.05, 4.69) is 5.32 Å². The molecule has 1 unspecified atom stereocenters. The van der Waals surface area contributed by atoms with Crippen LogP contribution >= 0.6 is 0 Å². The first kappa shape index (κ1) is 20.5. The van der Waals surface area contributed by atoms with E-state index in [0.717, 1.165) is 16.0 Å². The number of imide groups is 1. The zero-order valence-corrected chi connectivity index (χ0v) is 17.0. The first-order chi connectivity index (χ1) is 14.9. The van der Waals surface area contributed by atoms with Crippen molar-refractivity contribution in [2.24, 2.45) is 0 Å². The number of carbonyl (C=O) groups is 3. The van der Waals surface area contributed by atoms with Crippen LogP contribution in [0.15, 0.2) is 78.9 Å². The summed E-state index contributed by atoms with van der Waals surface area (Å²) in [5, 5.41) is 2.70. The van der Waals surface area contributed by atoms with Crippen molar-refractivity contribution in [3.63, 3.8) is 0 Å². The van der Waals surface area contributed by atoms with Crippen molar-refractivity contribution in [2.75, 3.05) is 6.54 Å². The molecule has 1 aliphatic rings. The average Bonchev–Trinajstić information content (AvgIpc) is 3.05. The highest BCUT2D eigenvalue weighted by atomic mass is 19.1. The highest BCUT2D eigenvalue weighted by Gasteiger charge is 2.51. The molecule has 6 heteroatoms. The molecular formula is C25H21FN2O3. The third-order valence-electron chi connectivity index (χ3n) is 5.66. The second-order valence-electron chi connectivity index (χ2n) is 7.45. The van der Waals surface area contributed by atoms with Gasteiger partial charge in [0.05, 0.1) is 6.54 Å². The van der Waals surface area contributed by atoms with Crippen molar-refractivity contribution in [3.05, 3.63) is 95.8 Å². The summed E-state index contributed by atoms with van der Waals surface area (Å²) in [4.78, 5) is 39.5. The Morgan fingerprint density at radius 3 is 2.13 bits per heavy atom. The van der Waals surface area contributed by atoms with Crippen LogP contribution in [-0.2, 0) is 10.3 Å². The molecule has 0 spiro atoms. The topological polar surface area (TPSA) is 66.5 Å². The minimum Gasteiger partial charge on any atom is -0.319 e. The van der Waals surface area contributed by atoms with Gasteiger partial charge in [-0.25, -0.2) is 9.18 Å². The molecule has 4 rings (SSSR count). The molecule has 0 aliphatic carbocycles. The number of carbonyl (C=O) groups excluding carboxylic acids is 3. The molecule has 1 aliphatic heterocycles. The summed E-state index contributed by atoms with van der Waals surface area (Å²) in [6.07, 6.45) is 0.277. The summed E-state index contributed by atoms with van der Waals surface area (Å²) in [7, 11) is 0. The number of hydrogen-bond acceptors (Lipinski definition) is 3. The van der Waals surface area contributed by atoms with Crippen molar-refractivity contribution in [2.45, 2.75) is 18.9 Å². The van der Waals surface area contributed by atoms with Gasteiger partial charge in [-0.1, -0.05) is 73.7 Å². The average molecular weight is 416 g/mol. The Bertz CT molecular complexity index is 1130. The number of halogens is 1. The third kappa shape index (κ3) is 3.72. The molecule has 156 valence electrons. The number of nitrogens with one attached hydrogen (secondary N) is 1. The van der Waals surface area contributed by atoms with Crippen LogP contribution < -0.4 is 5.32 Å². The van der Waals surface area contributed by atoms with Crippen LogP contribution in [0, 0.1) is 5.82 Å². The predicted octanol–water partition coefficient (Wildman–Crippen LogP) is 4.53. The molecule has 0 saturated carbocycles. The molecule has 5 nitrogen and oxygen atoms in total. The van der Waals surface area contributed by atoms with Crippen LogP contribution in [0.4, 0.5) is 9.18 Å². The Labute approximate surface area is 179 Å². The minimum atomic E-state index is -1.30. The largest absolute Gasteiger partial charge is 0.325 e. The summed E-state index contributed by atoms with van der Waals surface area (Å²) >= 11 is 0. The molecule has 3 amide bonds. The lowest BCUT2D eigenvalue weighted by molar-refractivity contribution is -0.131. The Morgan fingerprint density at radius 2 is 1.52 bits per heavy atom. The van der Waals surface area contributed by atoms with Gasteiger partial charge in [0.1, 0.15) is 11.4 Å². The molecule has 1 heterocycles. The number of ketones is 1. The van der Waals surface area contributed by atoms with Gasteiger partial charge in [0.15, 0.2) is 5.78 Å². The quantitative estimate of drug-likeness (QED) is 0.474. The van der Waals surface area contributed by atoms with E-state index >= 15 is 0 Å². The Hall–Kier alpha value is -3.80. The fourth-order valence-corrected chi connectivity index (χ4v) is 3.86. The van der Waals surface area contributed by atoms with Gasteiger partial charge in [0.25, 0.3) is 5.91 Å². The molecule has 0 bridgehead atoms. The smallest absolute Gasteiger partial charge is 0.319 e. The van der Waals surface area contributed by atoms with E-state index in [9.17, 15) is 18.8 Å². The molecule has 0 aromatic heterocycles. The number of benzene rings is 3. The molecule has 0 radical (unpaired) electrons. The monoisotopic (exact) mass is 416 g/mol. The van der Waals surface area contributed by atoms with Gasteiger partial charge < -0.3 is 5.32 Å². The van der Waals surface area contributed by atoms with Crippen LogP contribution in [0.5, 0.6) is 0 Å². The van der Waals surface area contributed by atoms with Gasteiger partial charge in [0, 0.05) is 5.56 Å². The van der Waals surface area contributed by atoms with E-state index in [0.29, 0.717) is 11.1 Å². The second-order valence-corrected chi connectivity index (χ2v) is 7.45. The lowest BCUT2D eigenvalue weighted by atomic mass is 9.87. The first-order valence-electron chi connectivity index (χ1n) is 10.0. The number of rotatable bonds is 6. The summed E-state index contributed by atoms with van der Waals surface area (Å²) < 4.78 is 13.3. The standard InChI is InChI=1S/C25H21FN2O3/c1-2-25(20-12-14-21(26)15-13-20)23(30)28(24(31)27-25)16-22(29)19-10-8-18(9-11-19)17-6-4-3-5-7-17/h3-15H,2,16H2,1H3,(H,27,31). The predicted molar refractivity (Wildman–Crippen MR) is 115 cm³/mol. The minimum absolute atomic E-state index is 0.277. The summed E-state index contributed by atoms with van der Waals surface area (Å²) in [5.41, 5.74) is 1.59. The van der Waals surface area contributed by atoms with Crippen LogP contribution in [0.1, 0.15) is 29.3 Å². The summed E-state index contributed by atoms with van der Waals surface area (Å²) in [6, 6.07) is 21.6. The molecule has 1 fully saturated rings. The third-order valence-corrected chi connectivity index (χ3v) is 5.66. The Morgan fingerprint density at radius 1 is 0.903 bits per heavy atom. The number of urea groups is 1. The van der Waals surface area contributed by atoms with Gasteiger partial charge in [-0.05, 0) is 35.2 Å². The van der Waals surface area contributed by atoms with Crippen LogP contribution in [0.25, 0.3) is 11.1 Å². The lowest BCUT2D eigenvalue weighted by Gasteiger charge is -2.25. The first-order valence-corrected chi connectivity index (χ1v) is 10.0. The lowest BCUT2D eigenvalue weighted by Crippen LogP contribution is -2.43. The fourth-order valence-electron chi connectivity index (χ4n) is 3.86. The SMILES string of the molecule is CCC1(c2ccc(F)cc2)NC(=O)N(CC(=O)c2ccc(-c3ccccc3)cc2)C1=O. The van der Waals surface area contributed by atoms with Crippen molar-refractivity contribution in [3.8, 4) is 11.1 Å². The second kappa shape index (κ2) is 8.14. The van der Waals surface area contributed by atoms with Gasteiger partial charge in [-0.3, -0.25) is 14.5 Å².